The Balaban J connectivity index is 2.08. The summed E-state index contributed by atoms with van der Waals surface area (Å²) in [6, 6.07) is 12.8. The molecule has 2 aromatic carbocycles. The minimum atomic E-state index is -0.00294. The van der Waals surface area contributed by atoms with E-state index in [9.17, 15) is 10.2 Å². The van der Waals surface area contributed by atoms with Crippen LogP contribution in [0.2, 0.25) is 0 Å². The van der Waals surface area contributed by atoms with E-state index >= 15 is 0 Å². The first-order valence-electron chi connectivity index (χ1n) is 6.03. The van der Waals surface area contributed by atoms with Crippen molar-refractivity contribution in [3.63, 3.8) is 0 Å². The Kier molecular flexibility index (Phi) is 4.26. The molecule has 4 heteroatoms. The van der Waals surface area contributed by atoms with Crippen LogP contribution in [0.3, 0.4) is 0 Å². The molecule has 0 spiro atoms. The molecule has 3 N–H and O–H groups in total. The number of benzene rings is 2. The molecule has 0 heterocycles. The van der Waals surface area contributed by atoms with Crippen molar-refractivity contribution in [1.29, 1.82) is 0 Å². The summed E-state index contributed by atoms with van der Waals surface area (Å²) in [6.07, 6.45) is 0. The average molecular weight is 259 g/mol. The van der Waals surface area contributed by atoms with Crippen LogP contribution < -0.4 is 10.1 Å². The molecule has 0 aliphatic rings. The van der Waals surface area contributed by atoms with Gasteiger partial charge in [-0.1, -0.05) is 24.3 Å². The van der Waals surface area contributed by atoms with Crippen molar-refractivity contribution < 1.29 is 14.9 Å². The molecule has 0 fully saturated rings. The van der Waals surface area contributed by atoms with Crippen molar-refractivity contribution in [2.24, 2.45) is 0 Å². The second-order valence-corrected chi connectivity index (χ2v) is 4.18. The van der Waals surface area contributed by atoms with Crippen LogP contribution in [0.5, 0.6) is 11.5 Å². The monoisotopic (exact) mass is 259 g/mol. The predicted octanol–water partition coefficient (Wildman–Crippen LogP) is 2.51. The maximum absolute atomic E-state index is 9.70. The van der Waals surface area contributed by atoms with Crippen molar-refractivity contribution >= 4 is 5.69 Å². The number of aromatic hydroxyl groups is 1. The van der Waals surface area contributed by atoms with Crippen LogP contribution in [0.1, 0.15) is 11.1 Å². The smallest absolute Gasteiger partial charge is 0.160 e. The molecule has 0 aliphatic carbocycles. The van der Waals surface area contributed by atoms with E-state index in [2.05, 4.69) is 5.32 Å². The number of phenols is 1. The zero-order valence-electron chi connectivity index (χ0n) is 10.8. The van der Waals surface area contributed by atoms with E-state index in [1.807, 2.05) is 30.3 Å². The zero-order chi connectivity index (χ0) is 13.7. The summed E-state index contributed by atoms with van der Waals surface area (Å²) in [5, 5.41) is 22.2. The van der Waals surface area contributed by atoms with Gasteiger partial charge in [-0.15, -0.1) is 0 Å². The quantitative estimate of drug-likeness (QED) is 0.772. The molecule has 0 amide bonds. The minimum absolute atomic E-state index is 0.00294. The van der Waals surface area contributed by atoms with Crippen LogP contribution in [-0.4, -0.2) is 17.3 Å². The van der Waals surface area contributed by atoms with Gasteiger partial charge in [0.05, 0.1) is 13.7 Å². The van der Waals surface area contributed by atoms with E-state index in [0.717, 1.165) is 16.8 Å². The van der Waals surface area contributed by atoms with Crippen LogP contribution in [0.25, 0.3) is 0 Å². The Bertz CT molecular complexity index is 555. The number of phenolic OH excluding ortho intramolecular Hbond substituents is 1. The number of methoxy groups -OCH3 is 1. The van der Waals surface area contributed by atoms with E-state index in [1.165, 1.54) is 7.11 Å². The SMILES string of the molecule is COc1ccc(CNc2ccccc2CO)cc1O. The van der Waals surface area contributed by atoms with Crippen molar-refractivity contribution in [2.45, 2.75) is 13.2 Å². The lowest BCUT2D eigenvalue weighted by Gasteiger charge is -2.11. The number of aliphatic hydroxyl groups is 1. The number of hydrogen-bond acceptors (Lipinski definition) is 4. The Hall–Kier alpha value is -2.20. The first kappa shape index (κ1) is 13.2. The normalized spacial score (nSPS) is 10.2. The molecule has 0 radical (unpaired) electrons. The van der Waals surface area contributed by atoms with Gasteiger partial charge in [0, 0.05) is 17.8 Å². The predicted molar refractivity (Wildman–Crippen MR) is 74.4 cm³/mol. The van der Waals surface area contributed by atoms with Crippen LogP contribution >= 0.6 is 0 Å². The van der Waals surface area contributed by atoms with E-state index in [0.29, 0.717) is 12.3 Å². The third kappa shape index (κ3) is 3.17. The van der Waals surface area contributed by atoms with Gasteiger partial charge in [0.15, 0.2) is 11.5 Å². The Morgan fingerprint density at radius 3 is 2.63 bits per heavy atom. The summed E-state index contributed by atoms with van der Waals surface area (Å²) in [5.41, 5.74) is 2.67. The molecule has 100 valence electrons. The molecule has 4 nitrogen and oxygen atoms in total. The lowest BCUT2D eigenvalue weighted by Crippen LogP contribution is -2.02. The van der Waals surface area contributed by atoms with Gasteiger partial charge in [-0.05, 0) is 23.8 Å². The maximum atomic E-state index is 9.70. The fraction of sp³-hybridized carbons (Fsp3) is 0.200. The molecular formula is C15H17NO3. The van der Waals surface area contributed by atoms with Crippen molar-refractivity contribution in [1.82, 2.24) is 0 Å². The van der Waals surface area contributed by atoms with E-state index < -0.39 is 0 Å². The topological polar surface area (TPSA) is 61.7 Å². The number of ether oxygens (including phenoxy) is 1. The molecule has 0 bridgehead atoms. The number of anilines is 1. The van der Waals surface area contributed by atoms with E-state index in [4.69, 9.17) is 4.74 Å². The standard InChI is InChI=1S/C15H17NO3/c1-19-15-7-6-11(8-14(15)18)9-16-13-5-3-2-4-12(13)10-17/h2-8,16-18H,9-10H2,1H3. The molecule has 19 heavy (non-hydrogen) atoms. The molecule has 0 saturated heterocycles. The van der Waals surface area contributed by atoms with E-state index in [1.54, 1.807) is 12.1 Å². The highest BCUT2D eigenvalue weighted by Gasteiger charge is 2.04. The fourth-order valence-corrected chi connectivity index (χ4v) is 1.87. The van der Waals surface area contributed by atoms with Gasteiger partial charge >= 0.3 is 0 Å². The summed E-state index contributed by atoms with van der Waals surface area (Å²) in [6.45, 7) is 0.561. The zero-order valence-corrected chi connectivity index (χ0v) is 10.8. The molecule has 0 aliphatic heterocycles. The largest absolute Gasteiger partial charge is 0.504 e. The van der Waals surface area contributed by atoms with Crippen molar-refractivity contribution in [2.75, 3.05) is 12.4 Å². The third-order valence-electron chi connectivity index (χ3n) is 2.91. The lowest BCUT2D eigenvalue weighted by atomic mass is 10.1. The Morgan fingerprint density at radius 2 is 1.95 bits per heavy atom. The fourth-order valence-electron chi connectivity index (χ4n) is 1.87. The maximum Gasteiger partial charge on any atom is 0.160 e. The molecule has 2 rings (SSSR count). The van der Waals surface area contributed by atoms with Crippen LogP contribution in [0.4, 0.5) is 5.69 Å². The van der Waals surface area contributed by atoms with Gasteiger partial charge in [-0.25, -0.2) is 0 Å². The summed E-state index contributed by atoms with van der Waals surface area (Å²) >= 11 is 0. The molecule has 0 unspecified atom stereocenters. The highest BCUT2D eigenvalue weighted by atomic mass is 16.5. The molecular weight excluding hydrogens is 242 g/mol. The first-order chi connectivity index (χ1) is 9.24. The summed E-state index contributed by atoms with van der Waals surface area (Å²) in [7, 11) is 1.52. The summed E-state index contributed by atoms with van der Waals surface area (Å²) in [5.74, 6) is 0.580. The van der Waals surface area contributed by atoms with E-state index in [-0.39, 0.29) is 12.4 Å². The molecule has 0 atom stereocenters. The number of para-hydroxylation sites is 1. The second-order valence-electron chi connectivity index (χ2n) is 4.18. The highest BCUT2D eigenvalue weighted by Crippen LogP contribution is 2.26. The molecule has 0 saturated carbocycles. The van der Waals surface area contributed by atoms with Gasteiger partial charge in [0.1, 0.15) is 0 Å². The Labute approximate surface area is 112 Å². The number of rotatable bonds is 5. The third-order valence-corrected chi connectivity index (χ3v) is 2.91. The van der Waals surface area contributed by atoms with Crippen molar-refractivity contribution in [3.05, 3.63) is 53.6 Å². The number of nitrogens with one attached hydrogen (secondary N) is 1. The summed E-state index contributed by atoms with van der Waals surface area (Å²) < 4.78 is 5.00. The average Bonchev–Trinajstić information content (AvgIpc) is 2.45. The minimum Gasteiger partial charge on any atom is -0.504 e. The van der Waals surface area contributed by atoms with Gasteiger partial charge < -0.3 is 20.3 Å². The first-order valence-corrected chi connectivity index (χ1v) is 6.03. The summed E-state index contributed by atoms with van der Waals surface area (Å²) in [4.78, 5) is 0. The molecule has 0 aromatic heterocycles. The van der Waals surface area contributed by atoms with Gasteiger partial charge in [-0.2, -0.15) is 0 Å². The second kappa shape index (κ2) is 6.11. The number of aliphatic hydroxyl groups excluding tert-OH is 1. The van der Waals surface area contributed by atoms with Gasteiger partial charge in [-0.3, -0.25) is 0 Å². The van der Waals surface area contributed by atoms with Crippen LogP contribution in [0, 0.1) is 0 Å². The number of hydrogen-bond donors (Lipinski definition) is 3. The van der Waals surface area contributed by atoms with Gasteiger partial charge in [0.2, 0.25) is 0 Å². The van der Waals surface area contributed by atoms with Gasteiger partial charge in [0.25, 0.3) is 0 Å². The lowest BCUT2D eigenvalue weighted by molar-refractivity contribution is 0.282. The van der Waals surface area contributed by atoms with Crippen LogP contribution in [-0.2, 0) is 13.2 Å². The van der Waals surface area contributed by atoms with Crippen LogP contribution in [0.15, 0.2) is 42.5 Å². The van der Waals surface area contributed by atoms with Crippen molar-refractivity contribution in [3.8, 4) is 11.5 Å². The molecule has 2 aromatic rings. The Morgan fingerprint density at radius 1 is 1.16 bits per heavy atom. The highest BCUT2D eigenvalue weighted by molar-refractivity contribution is 5.51.